The van der Waals surface area contributed by atoms with Crippen LogP contribution in [0.5, 0.6) is 0 Å². The van der Waals surface area contributed by atoms with E-state index in [4.69, 9.17) is 61.6 Å². The van der Waals surface area contributed by atoms with Crippen molar-refractivity contribution in [2.24, 2.45) is 40.4 Å². The second-order valence-corrected chi connectivity index (χ2v) is 23.8. The molecule has 22 atom stereocenters. The third-order valence-electron chi connectivity index (χ3n) is 18.7. The van der Waals surface area contributed by atoms with E-state index in [1.54, 1.807) is 51.7 Å². The van der Waals surface area contributed by atoms with Crippen LogP contribution in [-0.4, -0.2) is 149 Å². The van der Waals surface area contributed by atoms with Crippen LogP contribution < -0.4 is 0 Å². The van der Waals surface area contributed by atoms with Crippen LogP contribution in [0.3, 0.4) is 0 Å². The van der Waals surface area contributed by atoms with Crippen molar-refractivity contribution in [3.8, 4) is 0 Å². The fraction of sp³-hybridized carbons (Fsp3) is 0.810. The van der Waals surface area contributed by atoms with Gasteiger partial charge in [0.05, 0.1) is 48.1 Å². The molecule has 7 aliphatic rings. The summed E-state index contributed by atoms with van der Waals surface area (Å²) in [5, 5.41) is 0. The number of hydrogen-bond donors (Lipinski definition) is 0. The van der Waals surface area contributed by atoms with E-state index in [0.29, 0.717) is 37.7 Å². The maximum Gasteiger partial charge on any atom is 0.338 e. The van der Waals surface area contributed by atoms with E-state index >= 15 is 0 Å². The van der Waals surface area contributed by atoms with Gasteiger partial charge in [-0.1, -0.05) is 45.9 Å². The van der Waals surface area contributed by atoms with Crippen molar-refractivity contribution >= 4 is 29.7 Å². The summed E-state index contributed by atoms with van der Waals surface area (Å²) >= 11 is 0. The van der Waals surface area contributed by atoms with Crippen molar-refractivity contribution in [2.45, 2.75) is 238 Å². The Bertz CT molecular complexity index is 2190. The van der Waals surface area contributed by atoms with E-state index in [1.165, 1.54) is 20.8 Å². The number of benzene rings is 1. The highest BCUT2D eigenvalue weighted by Crippen LogP contribution is 2.71. The molecule has 3 heterocycles. The van der Waals surface area contributed by atoms with Gasteiger partial charge in [0.1, 0.15) is 24.1 Å². The molecular formula is C58H86O18. The number of methoxy groups -OCH3 is 3. The molecule has 76 heavy (non-hydrogen) atoms. The quantitative estimate of drug-likeness (QED) is 0.0827. The summed E-state index contributed by atoms with van der Waals surface area (Å²) < 4.78 is 82.2. The van der Waals surface area contributed by atoms with Crippen molar-refractivity contribution in [3.63, 3.8) is 0 Å². The van der Waals surface area contributed by atoms with Crippen LogP contribution in [0.2, 0.25) is 0 Å². The van der Waals surface area contributed by atoms with Gasteiger partial charge in [-0.15, -0.1) is 0 Å². The number of fused-ring (bicyclic) bond motifs is 5. The van der Waals surface area contributed by atoms with Gasteiger partial charge in [-0.05, 0) is 108 Å². The van der Waals surface area contributed by atoms with Gasteiger partial charge < -0.3 is 61.6 Å². The smallest absolute Gasteiger partial charge is 0.338 e. The van der Waals surface area contributed by atoms with Gasteiger partial charge in [0.25, 0.3) is 0 Å². The lowest BCUT2D eigenvalue weighted by molar-refractivity contribution is -0.339. The minimum Gasteiger partial charge on any atom is -0.458 e. The van der Waals surface area contributed by atoms with Crippen LogP contribution in [0.1, 0.15) is 150 Å². The first-order valence-electron chi connectivity index (χ1n) is 27.9. The lowest BCUT2D eigenvalue weighted by Gasteiger charge is -2.64. The lowest BCUT2D eigenvalue weighted by atomic mass is 9.43. The second kappa shape index (κ2) is 24.0. The molecule has 0 spiro atoms. The molecule has 22 unspecified atom stereocenters. The predicted octanol–water partition coefficient (Wildman–Crippen LogP) is 7.86. The Balaban J connectivity index is 0.944. The molecule has 0 radical (unpaired) electrons. The Morgan fingerprint density at radius 1 is 0.618 bits per heavy atom. The first-order valence-corrected chi connectivity index (χ1v) is 27.9. The number of hydrogen-bond acceptors (Lipinski definition) is 18. The van der Waals surface area contributed by atoms with Gasteiger partial charge in [0.15, 0.2) is 42.8 Å². The number of ketones is 1. The molecule has 0 bridgehead atoms. The van der Waals surface area contributed by atoms with Crippen LogP contribution in [0, 0.1) is 40.4 Å². The first kappa shape index (κ1) is 58.6. The zero-order chi connectivity index (χ0) is 55.0. The van der Waals surface area contributed by atoms with E-state index in [9.17, 15) is 24.0 Å². The second-order valence-electron chi connectivity index (χ2n) is 23.8. The Morgan fingerprint density at radius 3 is 1.67 bits per heavy atom. The molecule has 4 saturated carbocycles. The lowest BCUT2D eigenvalue weighted by Crippen LogP contribution is -2.68. The third kappa shape index (κ3) is 11.5. The van der Waals surface area contributed by atoms with Crippen molar-refractivity contribution in [1.29, 1.82) is 0 Å². The normalized spacial score (nSPS) is 43.2. The number of Topliss-reactive ketones (excluding diaryl/α,β-unsaturated/α-hetero) is 1. The van der Waals surface area contributed by atoms with Crippen molar-refractivity contribution < 1.29 is 85.6 Å². The largest absolute Gasteiger partial charge is 0.458 e. The van der Waals surface area contributed by atoms with Crippen molar-refractivity contribution in [1.82, 2.24) is 0 Å². The fourth-order valence-corrected chi connectivity index (χ4v) is 15.3. The number of esters is 4. The fourth-order valence-electron chi connectivity index (χ4n) is 15.3. The Labute approximate surface area is 449 Å². The summed E-state index contributed by atoms with van der Waals surface area (Å²) in [5.41, 5.74) is -2.42. The molecule has 0 N–H and O–H groups in total. The van der Waals surface area contributed by atoms with E-state index in [0.717, 1.165) is 32.1 Å². The minimum atomic E-state index is -1.47. The summed E-state index contributed by atoms with van der Waals surface area (Å²) in [7, 11) is 4.88. The molecule has 0 aromatic heterocycles. The standard InChI is InChI=1S/C58H86O18/c1-30(2)25-45(62)76-58-41-20-19-38-26-39(21-23-56(38,9)40(41)22-24-57(58,10)49(31(3)59)53(71-36(8)61)54(58)75-55(63)37-17-15-14-16-18-37)72-46-27-43(65-12)51(33(5)67-46)74-48-29-44(66-13)52(34(6)69-48)73-47-28-42(64-11)50(32(4)68-47)70-35(7)60/h14-18,30,32-34,38-44,46-54H,19-29H2,1-13H3. The number of ether oxygens (including phenoxy) is 13. The number of carbonyl (C=O) groups excluding carboxylic acids is 5. The van der Waals surface area contributed by atoms with Crippen LogP contribution in [0.15, 0.2) is 30.3 Å². The summed E-state index contributed by atoms with van der Waals surface area (Å²) in [6.45, 7) is 18.1. The molecule has 1 aromatic carbocycles. The SMILES string of the molecule is COC1CC(OC2C(C)OC(OC3C(C)OC(OC4CCC5(C)C(CCC6C5CCC5(C)C(C(C)=O)C(OC(C)=O)C(OC(=O)c7ccccc7)C65OC(=O)CC(C)C)C4)CC3OC)CC2OC)OC(C)C1OC(C)=O. The molecule has 3 saturated heterocycles. The monoisotopic (exact) mass is 1070 g/mol. The number of rotatable bonds is 17. The molecule has 1 aromatic rings. The van der Waals surface area contributed by atoms with Crippen LogP contribution in [0.4, 0.5) is 0 Å². The highest BCUT2D eigenvalue weighted by Gasteiger charge is 2.79. The first-order chi connectivity index (χ1) is 36.1. The number of carbonyl (C=O) groups is 5. The molecule has 18 heteroatoms. The van der Waals surface area contributed by atoms with Crippen LogP contribution >= 0.6 is 0 Å². The van der Waals surface area contributed by atoms with Gasteiger partial charge in [-0.3, -0.25) is 19.2 Å². The average Bonchev–Trinajstić information content (AvgIpc) is 3.80. The Kier molecular flexibility index (Phi) is 18.5. The maximum absolute atomic E-state index is 14.3. The van der Waals surface area contributed by atoms with E-state index < -0.39 is 115 Å². The molecular weight excluding hydrogens is 985 g/mol. The molecule has 8 rings (SSSR count). The third-order valence-corrected chi connectivity index (χ3v) is 18.7. The topological polar surface area (TPSA) is 205 Å². The highest BCUT2D eigenvalue weighted by molar-refractivity contribution is 5.90. The Morgan fingerprint density at radius 2 is 1.14 bits per heavy atom. The maximum atomic E-state index is 14.3. The molecule has 4 aliphatic carbocycles. The van der Waals surface area contributed by atoms with Gasteiger partial charge in [0.2, 0.25) is 0 Å². The molecule has 0 amide bonds. The van der Waals surface area contributed by atoms with Gasteiger partial charge in [-0.25, -0.2) is 4.79 Å². The summed E-state index contributed by atoms with van der Waals surface area (Å²) in [5.74, 6) is -3.26. The predicted molar refractivity (Wildman–Crippen MR) is 272 cm³/mol. The molecule has 18 nitrogen and oxygen atoms in total. The van der Waals surface area contributed by atoms with E-state index in [2.05, 4.69) is 6.92 Å². The molecule has 3 aliphatic heterocycles. The van der Waals surface area contributed by atoms with Crippen molar-refractivity contribution in [2.75, 3.05) is 21.3 Å². The van der Waals surface area contributed by atoms with E-state index in [1.807, 2.05) is 41.5 Å². The minimum absolute atomic E-state index is 0.0218. The van der Waals surface area contributed by atoms with Crippen molar-refractivity contribution in [3.05, 3.63) is 35.9 Å². The van der Waals surface area contributed by atoms with Crippen LogP contribution in [0.25, 0.3) is 0 Å². The van der Waals surface area contributed by atoms with E-state index in [-0.39, 0.29) is 59.6 Å². The van der Waals surface area contributed by atoms with Gasteiger partial charge in [0, 0.05) is 72.2 Å². The summed E-state index contributed by atoms with van der Waals surface area (Å²) in [6.07, 6.45) is -1.96. The zero-order valence-corrected chi connectivity index (χ0v) is 47.1. The Hall–Kier alpha value is -3.59. The molecule has 426 valence electrons. The summed E-state index contributed by atoms with van der Waals surface area (Å²) in [4.78, 5) is 67.3. The molecule has 7 fully saturated rings. The zero-order valence-electron chi connectivity index (χ0n) is 47.1. The van der Waals surface area contributed by atoms with Crippen LogP contribution in [-0.2, 0) is 80.8 Å². The van der Waals surface area contributed by atoms with Gasteiger partial charge >= 0.3 is 23.9 Å². The van der Waals surface area contributed by atoms with Gasteiger partial charge in [-0.2, -0.15) is 0 Å². The summed E-state index contributed by atoms with van der Waals surface area (Å²) in [6, 6.07) is 8.60. The average molecular weight is 1070 g/mol. The highest BCUT2D eigenvalue weighted by atomic mass is 16.7.